The van der Waals surface area contributed by atoms with Crippen molar-refractivity contribution >= 4 is 11.3 Å². The Balaban J connectivity index is 1.34. The summed E-state index contributed by atoms with van der Waals surface area (Å²) in [5.41, 5.74) is 1.36. The number of pyridine rings is 1. The predicted molar refractivity (Wildman–Crippen MR) is 95.7 cm³/mol. The minimum Gasteiger partial charge on any atom is -0.313 e. The Morgan fingerprint density at radius 3 is 2.74 bits per heavy atom. The van der Waals surface area contributed by atoms with Gasteiger partial charge in [0, 0.05) is 49.0 Å². The van der Waals surface area contributed by atoms with E-state index >= 15 is 0 Å². The van der Waals surface area contributed by atoms with Crippen molar-refractivity contribution in [2.24, 2.45) is 0 Å². The highest BCUT2D eigenvalue weighted by atomic mass is 32.1. The monoisotopic (exact) mass is 330 g/mol. The average Bonchev–Trinajstić information content (AvgIpc) is 3.05. The number of aromatic nitrogens is 2. The van der Waals surface area contributed by atoms with E-state index in [9.17, 15) is 0 Å². The number of thiazole rings is 1. The van der Waals surface area contributed by atoms with Crippen molar-refractivity contribution in [2.45, 2.75) is 45.2 Å². The molecule has 124 valence electrons. The highest BCUT2D eigenvalue weighted by molar-refractivity contribution is 7.11. The summed E-state index contributed by atoms with van der Waals surface area (Å²) in [6, 6.07) is 4.89. The van der Waals surface area contributed by atoms with Gasteiger partial charge in [0.1, 0.15) is 0 Å². The Bertz CT molecular complexity index is 576. The number of likely N-dealkylation sites (tertiary alicyclic amines) is 1. The molecule has 1 fully saturated rings. The van der Waals surface area contributed by atoms with Crippen LogP contribution in [0.5, 0.6) is 0 Å². The lowest BCUT2D eigenvalue weighted by atomic mass is 10.0. The zero-order valence-electron chi connectivity index (χ0n) is 13.9. The predicted octanol–water partition coefficient (Wildman–Crippen LogP) is 2.90. The van der Waals surface area contributed by atoms with Gasteiger partial charge in [0.25, 0.3) is 0 Å². The lowest BCUT2D eigenvalue weighted by Crippen LogP contribution is -2.42. The minimum absolute atomic E-state index is 0.661. The molecule has 3 rings (SSSR count). The molecule has 0 atom stereocenters. The maximum Gasteiger partial charge on any atom is 0.0940 e. The fourth-order valence-corrected chi connectivity index (χ4v) is 3.91. The molecule has 1 aliphatic rings. The second kappa shape index (κ2) is 8.52. The maximum absolute atomic E-state index is 4.49. The summed E-state index contributed by atoms with van der Waals surface area (Å²) < 4.78 is 0. The molecule has 3 heterocycles. The molecule has 4 nitrogen and oxygen atoms in total. The van der Waals surface area contributed by atoms with E-state index in [1.165, 1.54) is 41.4 Å². The first-order valence-electron chi connectivity index (χ1n) is 8.61. The van der Waals surface area contributed by atoms with Gasteiger partial charge in [-0.15, -0.1) is 11.3 Å². The maximum atomic E-state index is 4.49. The van der Waals surface area contributed by atoms with Gasteiger partial charge in [0.05, 0.1) is 5.01 Å². The van der Waals surface area contributed by atoms with E-state index in [2.05, 4.69) is 39.2 Å². The van der Waals surface area contributed by atoms with E-state index in [1.807, 2.05) is 29.9 Å². The van der Waals surface area contributed by atoms with Crippen LogP contribution in [0, 0.1) is 0 Å². The van der Waals surface area contributed by atoms with Gasteiger partial charge in [-0.05, 0) is 50.0 Å². The Morgan fingerprint density at radius 1 is 1.26 bits per heavy atom. The minimum atomic E-state index is 0.661. The lowest BCUT2D eigenvalue weighted by molar-refractivity contribution is 0.191. The SMILES string of the molecule is CCc1cnc(CCNC2CCN(Cc3ccncc3)CC2)s1. The van der Waals surface area contributed by atoms with E-state index in [-0.39, 0.29) is 0 Å². The number of nitrogens with zero attached hydrogens (tertiary/aromatic N) is 3. The second-order valence-corrected chi connectivity index (χ2v) is 7.38. The van der Waals surface area contributed by atoms with Crippen molar-refractivity contribution in [3.8, 4) is 0 Å². The smallest absolute Gasteiger partial charge is 0.0940 e. The molecule has 0 bridgehead atoms. The third kappa shape index (κ3) is 5.09. The molecule has 1 saturated heterocycles. The number of nitrogens with one attached hydrogen (secondary N) is 1. The molecule has 0 radical (unpaired) electrons. The van der Waals surface area contributed by atoms with Crippen LogP contribution >= 0.6 is 11.3 Å². The van der Waals surface area contributed by atoms with E-state index in [4.69, 9.17) is 0 Å². The molecule has 0 amide bonds. The summed E-state index contributed by atoms with van der Waals surface area (Å²) in [6.07, 6.45) is 10.4. The summed E-state index contributed by atoms with van der Waals surface area (Å²) in [6.45, 7) is 6.64. The molecule has 0 aliphatic carbocycles. The molecule has 0 unspecified atom stereocenters. The summed E-state index contributed by atoms with van der Waals surface area (Å²) in [5.74, 6) is 0. The Morgan fingerprint density at radius 2 is 2.04 bits per heavy atom. The number of hydrogen-bond donors (Lipinski definition) is 1. The zero-order chi connectivity index (χ0) is 15.9. The molecule has 1 N–H and O–H groups in total. The number of rotatable bonds is 7. The largest absolute Gasteiger partial charge is 0.313 e. The van der Waals surface area contributed by atoms with Crippen LogP contribution in [0.15, 0.2) is 30.7 Å². The molecule has 0 spiro atoms. The van der Waals surface area contributed by atoms with Crippen molar-refractivity contribution in [1.29, 1.82) is 0 Å². The fourth-order valence-electron chi connectivity index (χ4n) is 3.05. The Kier molecular flexibility index (Phi) is 6.13. The number of piperidine rings is 1. The third-order valence-corrected chi connectivity index (χ3v) is 5.67. The first kappa shape index (κ1) is 16.6. The van der Waals surface area contributed by atoms with E-state index in [1.54, 1.807) is 0 Å². The Hall–Kier alpha value is -1.30. The van der Waals surface area contributed by atoms with E-state index in [0.29, 0.717) is 6.04 Å². The van der Waals surface area contributed by atoms with Gasteiger partial charge in [0.15, 0.2) is 0 Å². The second-order valence-electron chi connectivity index (χ2n) is 6.18. The molecule has 2 aromatic heterocycles. The topological polar surface area (TPSA) is 41.1 Å². The van der Waals surface area contributed by atoms with Gasteiger partial charge in [-0.1, -0.05) is 6.92 Å². The van der Waals surface area contributed by atoms with Gasteiger partial charge in [-0.3, -0.25) is 9.88 Å². The molecule has 0 saturated carbocycles. The lowest BCUT2D eigenvalue weighted by Gasteiger charge is -2.32. The quantitative estimate of drug-likeness (QED) is 0.847. The van der Waals surface area contributed by atoms with Crippen LogP contribution in [-0.2, 0) is 19.4 Å². The molecule has 0 aromatic carbocycles. The first-order chi connectivity index (χ1) is 11.3. The van der Waals surface area contributed by atoms with Crippen molar-refractivity contribution in [3.63, 3.8) is 0 Å². The van der Waals surface area contributed by atoms with Crippen molar-refractivity contribution in [2.75, 3.05) is 19.6 Å². The van der Waals surface area contributed by atoms with E-state index in [0.717, 1.165) is 25.9 Å². The molecular weight excluding hydrogens is 304 g/mol. The highest BCUT2D eigenvalue weighted by Crippen LogP contribution is 2.15. The van der Waals surface area contributed by atoms with Gasteiger partial charge < -0.3 is 5.32 Å². The van der Waals surface area contributed by atoms with Gasteiger partial charge >= 0.3 is 0 Å². The zero-order valence-corrected chi connectivity index (χ0v) is 14.7. The fraction of sp³-hybridized carbons (Fsp3) is 0.556. The standard InChI is InChI=1S/C18H26N4S/c1-2-17-13-21-18(23-17)5-10-20-16-6-11-22(12-7-16)14-15-3-8-19-9-4-15/h3-4,8-9,13,16,20H,2,5-7,10-12,14H2,1H3. The number of hydrogen-bond acceptors (Lipinski definition) is 5. The van der Waals surface area contributed by atoms with E-state index < -0.39 is 0 Å². The molecule has 5 heteroatoms. The summed E-state index contributed by atoms with van der Waals surface area (Å²) in [7, 11) is 0. The van der Waals surface area contributed by atoms with Gasteiger partial charge in [-0.25, -0.2) is 4.98 Å². The van der Waals surface area contributed by atoms with Crippen LogP contribution < -0.4 is 5.32 Å². The van der Waals surface area contributed by atoms with Gasteiger partial charge in [-0.2, -0.15) is 0 Å². The Labute approximate surface area is 143 Å². The van der Waals surface area contributed by atoms with Crippen LogP contribution in [-0.4, -0.2) is 40.5 Å². The first-order valence-corrected chi connectivity index (χ1v) is 9.43. The van der Waals surface area contributed by atoms with Crippen LogP contribution in [0.4, 0.5) is 0 Å². The van der Waals surface area contributed by atoms with Crippen LogP contribution in [0.1, 0.15) is 35.2 Å². The van der Waals surface area contributed by atoms with Gasteiger partial charge in [0.2, 0.25) is 0 Å². The van der Waals surface area contributed by atoms with Crippen LogP contribution in [0.3, 0.4) is 0 Å². The van der Waals surface area contributed by atoms with Crippen LogP contribution in [0.25, 0.3) is 0 Å². The number of aryl methyl sites for hydroxylation is 1. The average molecular weight is 331 g/mol. The normalized spacial score (nSPS) is 16.7. The van der Waals surface area contributed by atoms with Crippen molar-refractivity contribution in [3.05, 3.63) is 46.2 Å². The molecule has 2 aromatic rings. The third-order valence-electron chi connectivity index (χ3n) is 4.46. The molecule has 23 heavy (non-hydrogen) atoms. The summed E-state index contributed by atoms with van der Waals surface area (Å²) in [4.78, 5) is 12.5. The van der Waals surface area contributed by atoms with Crippen molar-refractivity contribution < 1.29 is 0 Å². The summed E-state index contributed by atoms with van der Waals surface area (Å²) in [5, 5.41) is 4.98. The molecule has 1 aliphatic heterocycles. The highest BCUT2D eigenvalue weighted by Gasteiger charge is 2.18. The summed E-state index contributed by atoms with van der Waals surface area (Å²) >= 11 is 1.86. The van der Waals surface area contributed by atoms with Crippen LogP contribution in [0.2, 0.25) is 0 Å². The molecular formula is C18H26N4S. The van der Waals surface area contributed by atoms with Crippen molar-refractivity contribution in [1.82, 2.24) is 20.2 Å².